The molecule has 2 heterocycles. The average Bonchev–Trinajstić information content (AvgIpc) is 2.47. The van der Waals surface area contributed by atoms with Crippen molar-refractivity contribution in [1.29, 1.82) is 0 Å². The number of sulfone groups is 1. The summed E-state index contributed by atoms with van der Waals surface area (Å²) >= 11 is 0. The number of likely N-dealkylation sites (N-methyl/N-ethyl adjacent to an activating group) is 1. The summed E-state index contributed by atoms with van der Waals surface area (Å²) in [6, 6.07) is 0.300. The van der Waals surface area contributed by atoms with Crippen LogP contribution in [0.3, 0.4) is 0 Å². The number of piperazine rings is 1. The van der Waals surface area contributed by atoms with Gasteiger partial charge in [0, 0.05) is 32.2 Å². The van der Waals surface area contributed by atoms with E-state index >= 15 is 0 Å². The molecule has 0 aromatic carbocycles. The van der Waals surface area contributed by atoms with Gasteiger partial charge in [-0.2, -0.15) is 0 Å². The van der Waals surface area contributed by atoms with E-state index in [0.29, 0.717) is 17.5 Å². The minimum atomic E-state index is -2.71. The molecule has 0 radical (unpaired) electrons. The summed E-state index contributed by atoms with van der Waals surface area (Å²) in [5.74, 6) is 0.778. The SMILES string of the molecule is CN1CCN(C2CCS(=O)(=O)C2)CC1. The molecule has 14 heavy (non-hydrogen) atoms. The van der Waals surface area contributed by atoms with Crippen LogP contribution in [0.25, 0.3) is 0 Å². The van der Waals surface area contributed by atoms with Gasteiger partial charge in [0.25, 0.3) is 0 Å². The second-order valence-electron chi connectivity index (χ2n) is 4.40. The first kappa shape index (κ1) is 10.4. The largest absolute Gasteiger partial charge is 0.304 e. The van der Waals surface area contributed by atoms with E-state index < -0.39 is 9.84 Å². The van der Waals surface area contributed by atoms with Gasteiger partial charge in [0.15, 0.2) is 9.84 Å². The van der Waals surface area contributed by atoms with E-state index in [1.165, 1.54) is 0 Å². The van der Waals surface area contributed by atoms with Gasteiger partial charge < -0.3 is 4.90 Å². The maximum atomic E-state index is 11.3. The molecule has 2 rings (SSSR count). The molecule has 0 aromatic heterocycles. The lowest BCUT2D eigenvalue weighted by Gasteiger charge is -2.35. The summed E-state index contributed by atoms with van der Waals surface area (Å²) in [5.41, 5.74) is 0. The highest BCUT2D eigenvalue weighted by molar-refractivity contribution is 7.91. The third-order valence-electron chi connectivity index (χ3n) is 3.26. The number of nitrogens with zero attached hydrogens (tertiary/aromatic N) is 2. The Hall–Kier alpha value is -0.130. The van der Waals surface area contributed by atoms with E-state index in [1.54, 1.807) is 0 Å². The Kier molecular flexibility index (Phi) is 2.81. The van der Waals surface area contributed by atoms with Crippen LogP contribution in [0.4, 0.5) is 0 Å². The zero-order chi connectivity index (χ0) is 10.2. The molecule has 0 spiro atoms. The van der Waals surface area contributed by atoms with Crippen LogP contribution in [0, 0.1) is 0 Å². The smallest absolute Gasteiger partial charge is 0.151 e. The van der Waals surface area contributed by atoms with Crippen molar-refractivity contribution in [3.63, 3.8) is 0 Å². The molecule has 0 amide bonds. The lowest BCUT2D eigenvalue weighted by Crippen LogP contribution is -2.49. The molecule has 4 nitrogen and oxygen atoms in total. The molecule has 0 aliphatic carbocycles. The quantitative estimate of drug-likeness (QED) is 0.590. The van der Waals surface area contributed by atoms with Crippen molar-refractivity contribution in [3.8, 4) is 0 Å². The minimum absolute atomic E-state index is 0.300. The van der Waals surface area contributed by atoms with Gasteiger partial charge in [-0.1, -0.05) is 0 Å². The summed E-state index contributed by atoms with van der Waals surface area (Å²) in [7, 11) is -0.600. The monoisotopic (exact) mass is 218 g/mol. The van der Waals surface area contributed by atoms with Crippen LogP contribution in [0.15, 0.2) is 0 Å². The van der Waals surface area contributed by atoms with Crippen molar-refractivity contribution < 1.29 is 8.42 Å². The van der Waals surface area contributed by atoms with Gasteiger partial charge >= 0.3 is 0 Å². The molecule has 5 heteroatoms. The van der Waals surface area contributed by atoms with Crippen molar-refractivity contribution in [1.82, 2.24) is 9.80 Å². The zero-order valence-corrected chi connectivity index (χ0v) is 9.46. The van der Waals surface area contributed by atoms with E-state index in [4.69, 9.17) is 0 Å². The Bertz CT molecular complexity index is 294. The Morgan fingerprint density at radius 1 is 1.14 bits per heavy atom. The molecule has 2 aliphatic rings. The van der Waals surface area contributed by atoms with Gasteiger partial charge in [0.1, 0.15) is 0 Å². The van der Waals surface area contributed by atoms with Crippen LogP contribution in [-0.2, 0) is 9.84 Å². The summed E-state index contributed by atoms with van der Waals surface area (Å²) in [5, 5.41) is 0. The van der Waals surface area contributed by atoms with Crippen molar-refractivity contribution in [3.05, 3.63) is 0 Å². The molecule has 2 saturated heterocycles. The normalized spacial score (nSPS) is 34.8. The number of hydrogen-bond acceptors (Lipinski definition) is 4. The Morgan fingerprint density at radius 3 is 2.29 bits per heavy atom. The molecular weight excluding hydrogens is 200 g/mol. The van der Waals surface area contributed by atoms with Crippen molar-refractivity contribution in [2.45, 2.75) is 12.5 Å². The molecule has 2 fully saturated rings. The fourth-order valence-electron chi connectivity index (χ4n) is 2.25. The minimum Gasteiger partial charge on any atom is -0.304 e. The van der Waals surface area contributed by atoms with Crippen molar-refractivity contribution in [2.24, 2.45) is 0 Å². The average molecular weight is 218 g/mol. The maximum absolute atomic E-state index is 11.3. The Morgan fingerprint density at radius 2 is 1.79 bits per heavy atom. The summed E-state index contributed by atoms with van der Waals surface area (Å²) < 4.78 is 22.6. The van der Waals surface area contributed by atoms with Crippen LogP contribution in [0.2, 0.25) is 0 Å². The Labute approximate surface area is 85.8 Å². The van der Waals surface area contributed by atoms with E-state index in [1.807, 2.05) is 0 Å². The van der Waals surface area contributed by atoms with Gasteiger partial charge in [-0.05, 0) is 13.5 Å². The molecule has 1 atom stereocenters. The molecular formula is C9H18N2O2S. The molecule has 0 bridgehead atoms. The first-order valence-corrected chi connectivity index (χ1v) is 7.02. The lowest BCUT2D eigenvalue weighted by atomic mass is 10.2. The molecule has 1 unspecified atom stereocenters. The fraction of sp³-hybridized carbons (Fsp3) is 1.00. The first-order chi connectivity index (χ1) is 6.57. The fourth-order valence-corrected chi connectivity index (χ4v) is 4.01. The van der Waals surface area contributed by atoms with Crippen molar-refractivity contribution in [2.75, 3.05) is 44.7 Å². The van der Waals surface area contributed by atoms with E-state index in [2.05, 4.69) is 16.8 Å². The topological polar surface area (TPSA) is 40.6 Å². The summed E-state index contributed by atoms with van der Waals surface area (Å²) in [6.45, 7) is 4.18. The van der Waals surface area contributed by atoms with Crippen LogP contribution in [-0.4, -0.2) is 69.0 Å². The second kappa shape index (κ2) is 3.79. The highest BCUT2D eigenvalue weighted by atomic mass is 32.2. The van der Waals surface area contributed by atoms with Gasteiger partial charge in [-0.15, -0.1) is 0 Å². The molecule has 2 aliphatic heterocycles. The summed E-state index contributed by atoms with van der Waals surface area (Å²) in [4.78, 5) is 4.63. The van der Waals surface area contributed by atoms with E-state index in [0.717, 1.165) is 32.6 Å². The predicted molar refractivity (Wildman–Crippen MR) is 56.1 cm³/mol. The lowest BCUT2D eigenvalue weighted by molar-refractivity contribution is 0.121. The standard InChI is InChI=1S/C9H18N2O2S/c1-10-3-5-11(6-4-10)9-2-7-14(12,13)8-9/h9H,2-8H2,1H3. The van der Waals surface area contributed by atoms with Gasteiger partial charge in [-0.25, -0.2) is 8.42 Å². The maximum Gasteiger partial charge on any atom is 0.151 e. The van der Waals surface area contributed by atoms with Gasteiger partial charge in [0.2, 0.25) is 0 Å². The van der Waals surface area contributed by atoms with Crippen LogP contribution in [0.1, 0.15) is 6.42 Å². The van der Waals surface area contributed by atoms with Gasteiger partial charge in [-0.3, -0.25) is 4.90 Å². The van der Waals surface area contributed by atoms with E-state index in [9.17, 15) is 8.42 Å². The van der Waals surface area contributed by atoms with Gasteiger partial charge in [0.05, 0.1) is 11.5 Å². The first-order valence-electron chi connectivity index (χ1n) is 5.20. The third-order valence-corrected chi connectivity index (χ3v) is 5.01. The second-order valence-corrected chi connectivity index (χ2v) is 6.62. The third kappa shape index (κ3) is 2.27. The van der Waals surface area contributed by atoms with Crippen LogP contribution < -0.4 is 0 Å². The zero-order valence-electron chi connectivity index (χ0n) is 8.65. The summed E-state index contributed by atoms with van der Waals surface area (Å²) in [6.07, 6.45) is 0.839. The molecule has 82 valence electrons. The predicted octanol–water partition coefficient (Wildman–Crippen LogP) is -0.579. The number of rotatable bonds is 1. The molecule has 0 aromatic rings. The van der Waals surface area contributed by atoms with Crippen LogP contribution in [0.5, 0.6) is 0 Å². The van der Waals surface area contributed by atoms with Crippen LogP contribution >= 0.6 is 0 Å². The number of hydrogen-bond donors (Lipinski definition) is 0. The van der Waals surface area contributed by atoms with Crippen molar-refractivity contribution >= 4 is 9.84 Å². The molecule has 0 N–H and O–H groups in total. The molecule has 0 saturated carbocycles. The highest BCUT2D eigenvalue weighted by Crippen LogP contribution is 2.18. The Balaban J connectivity index is 1.91. The highest BCUT2D eigenvalue weighted by Gasteiger charge is 2.32. The van der Waals surface area contributed by atoms with E-state index in [-0.39, 0.29) is 0 Å².